The van der Waals surface area contributed by atoms with Crippen LogP contribution in [0, 0.1) is 5.82 Å². The summed E-state index contributed by atoms with van der Waals surface area (Å²) in [6.45, 7) is 3.89. The molecule has 0 aliphatic heterocycles. The molecule has 4 heteroatoms. The highest BCUT2D eigenvalue weighted by Crippen LogP contribution is 2.32. The Morgan fingerprint density at radius 2 is 2.00 bits per heavy atom. The molecule has 0 bridgehead atoms. The van der Waals surface area contributed by atoms with Gasteiger partial charge in [-0.25, -0.2) is 4.39 Å². The second-order valence-electron chi connectivity index (χ2n) is 3.81. The third kappa shape index (κ3) is 1.95. The van der Waals surface area contributed by atoms with Gasteiger partial charge in [0.15, 0.2) is 0 Å². The molecule has 16 heavy (non-hydrogen) atoms. The summed E-state index contributed by atoms with van der Waals surface area (Å²) in [6.07, 6.45) is 0. The Labute approximate surface area is 98.1 Å². The van der Waals surface area contributed by atoms with Crippen LogP contribution < -0.4 is 0 Å². The van der Waals surface area contributed by atoms with Crippen molar-refractivity contribution in [1.29, 1.82) is 0 Å². The van der Waals surface area contributed by atoms with E-state index < -0.39 is 0 Å². The number of rotatable bonds is 2. The number of oxazole rings is 1. The second-order valence-corrected chi connectivity index (χ2v) is 4.14. The van der Waals surface area contributed by atoms with Gasteiger partial charge in [-0.2, -0.15) is 4.98 Å². The molecule has 1 heterocycles. The van der Waals surface area contributed by atoms with Crippen LogP contribution in [0.2, 0.25) is 5.35 Å². The van der Waals surface area contributed by atoms with Crippen molar-refractivity contribution < 1.29 is 8.81 Å². The molecule has 0 radical (unpaired) electrons. The molecule has 2 aromatic rings. The van der Waals surface area contributed by atoms with E-state index in [4.69, 9.17) is 16.0 Å². The van der Waals surface area contributed by atoms with E-state index >= 15 is 0 Å². The summed E-state index contributed by atoms with van der Waals surface area (Å²) in [5.41, 5.74) is 0.903. The summed E-state index contributed by atoms with van der Waals surface area (Å²) in [5, 5.41) is 0.0435. The largest absolute Gasteiger partial charge is 0.432 e. The van der Waals surface area contributed by atoms with E-state index in [2.05, 4.69) is 4.98 Å². The molecule has 1 aromatic carbocycles. The van der Waals surface area contributed by atoms with Gasteiger partial charge in [0, 0.05) is 11.5 Å². The molecule has 1 aromatic heterocycles. The first-order valence-electron chi connectivity index (χ1n) is 5.00. The standard InChI is InChI=1S/C12H11ClFNO/c1-7(2)11-10(15-12(13)16-11)8-5-3-4-6-9(8)14/h3-7H,1-2H3. The zero-order chi connectivity index (χ0) is 11.7. The maximum Gasteiger partial charge on any atom is 0.292 e. The zero-order valence-corrected chi connectivity index (χ0v) is 9.75. The van der Waals surface area contributed by atoms with E-state index in [-0.39, 0.29) is 17.1 Å². The van der Waals surface area contributed by atoms with Gasteiger partial charge >= 0.3 is 0 Å². The average Bonchev–Trinajstić information content (AvgIpc) is 2.61. The molecule has 0 aliphatic rings. The summed E-state index contributed by atoms with van der Waals surface area (Å²) >= 11 is 5.71. The molecule has 0 amide bonds. The fourth-order valence-electron chi connectivity index (χ4n) is 1.54. The van der Waals surface area contributed by atoms with E-state index in [9.17, 15) is 4.39 Å². The van der Waals surface area contributed by atoms with E-state index in [0.29, 0.717) is 17.0 Å². The summed E-state index contributed by atoms with van der Waals surface area (Å²) in [6, 6.07) is 6.44. The van der Waals surface area contributed by atoms with E-state index in [0.717, 1.165) is 0 Å². The van der Waals surface area contributed by atoms with E-state index in [1.54, 1.807) is 18.2 Å². The monoisotopic (exact) mass is 239 g/mol. The number of benzene rings is 1. The van der Waals surface area contributed by atoms with Crippen LogP contribution in [0.25, 0.3) is 11.3 Å². The molecule has 2 rings (SSSR count). The van der Waals surface area contributed by atoms with Crippen LogP contribution in [0.5, 0.6) is 0 Å². The minimum atomic E-state index is -0.325. The van der Waals surface area contributed by atoms with Crippen molar-refractivity contribution in [2.75, 3.05) is 0 Å². The van der Waals surface area contributed by atoms with Gasteiger partial charge in [-0.1, -0.05) is 26.0 Å². The summed E-state index contributed by atoms with van der Waals surface area (Å²) in [5.74, 6) is 0.388. The summed E-state index contributed by atoms with van der Waals surface area (Å²) in [4.78, 5) is 4.02. The van der Waals surface area contributed by atoms with Gasteiger partial charge < -0.3 is 4.42 Å². The Morgan fingerprint density at radius 1 is 1.31 bits per heavy atom. The zero-order valence-electron chi connectivity index (χ0n) is 9.00. The fourth-order valence-corrected chi connectivity index (χ4v) is 1.71. The van der Waals surface area contributed by atoms with E-state index in [1.807, 2.05) is 13.8 Å². The minimum absolute atomic E-state index is 0.0435. The normalized spacial score (nSPS) is 11.1. The Hall–Kier alpha value is -1.35. The Kier molecular flexibility index (Phi) is 2.97. The maximum atomic E-state index is 13.6. The van der Waals surface area contributed by atoms with Crippen LogP contribution in [0.1, 0.15) is 25.5 Å². The smallest absolute Gasteiger partial charge is 0.292 e. The molecule has 0 aliphatic carbocycles. The Bertz CT molecular complexity index is 507. The third-order valence-electron chi connectivity index (χ3n) is 2.28. The minimum Gasteiger partial charge on any atom is -0.432 e. The predicted octanol–water partition coefficient (Wildman–Crippen LogP) is 4.26. The van der Waals surface area contributed by atoms with Crippen LogP contribution in [-0.4, -0.2) is 4.98 Å². The maximum absolute atomic E-state index is 13.6. The molecule has 0 unspecified atom stereocenters. The molecule has 0 spiro atoms. The molecule has 0 saturated heterocycles. The lowest BCUT2D eigenvalue weighted by Gasteiger charge is -2.04. The van der Waals surface area contributed by atoms with Crippen LogP contribution >= 0.6 is 11.6 Å². The number of nitrogens with zero attached hydrogens (tertiary/aromatic N) is 1. The number of aromatic nitrogens is 1. The molecule has 0 saturated carbocycles. The van der Waals surface area contributed by atoms with Gasteiger partial charge in [-0.05, 0) is 23.7 Å². The molecule has 0 fully saturated rings. The number of halogens is 2. The first-order valence-corrected chi connectivity index (χ1v) is 5.38. The molecule has 0 atom stereocenters. The van der Waals surface area contributed by atoms with Crippen molar-refractivity contribution in [1.82, 2.24) is 4.98 Å². The number of hydrogen-bond donors (Lipinski definition) is 0. The summed E-state index contributed by atoms with van der Waals surface area (Å²) in [7, 11) is 0. The van der Waals surface area contributed by atoms with Gasteiger partial charge in [-0.15, -0.1) is 0 Å². The second kappa shape index (κ2) is 4.26. The van der Waals surface area contributed by atoms with Gasteiger partial charge in [0.25, 0.3) is 5.35 Å². The Balaban J connectivity index is 2.60. The van der Waals surface area contributed by atoms with Gasteiger partial charge in [0.2, 0.25) is 0 Å². The van der Waals surface area contributed by atoms with Crippen LogP contribution in [0.15, 0.2) is 28.7 Å². The van der Waals surface area contributed by atoms with Crippen molar-refractivity contribution in [2.45, 2.75) is 19.8 Å². The molecular formula is C12H11ClFNO. The lowest BCUT2D eigenvalue weighted by atomic mass is 10.0. The molecule has 0 N–H and O–H groups in total. The SMILES string of the molecule is CC(C)c1oc(Cl)nc1-c1ccccc1F. The highest BCUT2D eigenvalue weighted by Gasteiger charge is 2.19. The quantitative estimate of drug-likeness (QED) is 0.783. The fraction of sp³-hybridized carbons (Fsp3) is 0.250. The third-order valence-corrected chi connectivity index (χ3v) is 2.44. The van der Waals surface area contributed by atoms with Crippen molar-refractivity contribution in [2.24, 2.45) is 0 Å². The highest BCUT2D eigenvalue weighted by atomic mass is 35.5. The van der Waals surface area contributed by atoms with Crippen molar-refractivity contribution in [3.63, 3.8) is 0 Å². The lowest BCUT2D eigenvalue weighted by Crippen LogP contribution is -1.91. The van der Waals surface area contributed by atoms with Crippen LogP contribution in [-0.2, 0) is 0 Å². The first kappa shape index (κ1) is 11.1. The predicted molar refractivity (Wildman–Crippen MR) is 61.0 cm³/mol. The van der Waals surface area contributed by atoms with Gasteiger partial charge in [0.1, 0.15) is 17.3 Å². The topological polar surface area (TPSA) is 26.0 Å². The lowest BCUT2D eigenvalue weighted by molar-refractivity contribution is 0.485. The van der Waals surface area contributed by atoms with E-state index in [1.165, 1.54) is 6.07 Å². The van der Waals surface area contributed by atoms with Crippen LogP contribution in [0.4, 0.5) is 4.39 Å². The van der Waals surface area contributed by atoms with Gasteiger partial charge in [-0.3, -0.25) is 0 Å². The molecule has 84 valence electrons. The Morgan fingerprint density at radius 3 is 2.62 bits per heavy atom. The summed E-state index contributed by atoms with van der Waals surface area (Å²) < 4.78 is 18.9. The van der Waals surface area contributed by atoms with Crippen molar-refractivity contribution in [3.8, 4) is 11.3 Å². The molecule has 2 nitrogen and oxygen atoms in total. The highest BCUT2D eigenvalue weighted by molar-refractivity contribution is 6.27. The first-order chi connectivity index (χ1) is 7.59. The van der Waals surface area contributed by atoms with Gasteiger partial charge in [0.05, 0.1) is 0 Å². The van der Waals surface area contributed by atoms with Crippen molar-refractivity contribution >= 4 is 11.6 Å². The molecular weight excluding hydrogens is 229 g/mol. The van der Waals surface area contributed by atoms with Crippen molar-refractivity contribution in [3.05, 3.63) is 41.2 Å². The average molecular weight is 240 g/mol. The number of hydrogen-bond acceptors (Lipinski definition) is 2. The van der Waals surface area contributed by atoms with Crippen LogP contribution in [0.3, 0.4) is 0 Å².